The first kappa shape index (κ1) is 15.7. The monoisotopic (exact) mass is 300 g/mol. The van der Waals surface area contributed by atoms with Crippen LogP contribution >= 0.6 is 0 Å². The van der Waals surface area contributed by atoms with Gasteiger partial charge in [0.25, 0.3) is 10.1 Å². The van der Waals surface area contributed by atoms with Crippen LogP contribution in [-0.2, 0) is 19.1 Å². The highest BCUT2D eigenvalue weighted by molar-refractivity contribution is 7.86. The molecule has 0 aromatic carbocycles. The molecular weight excluding hydrogens is 276 g/mol. The maximum Gasteiger partial charge on any atom is 0.264 e. The van der Waals surface area contributed by atoms with E-state index in [2.05, 4.69) is 13.8 Å². The molecule has 0 spiro atoms. The number of hydrogen-bond acceptors (Lipinski definition) is 4. The van der Waals surface area contributed by atoms with Crippen LogP contribution in [0.25, 0.3) is 0 Å². The molecule has 0 unspecified atom stereocenters. The van der Waals surface area contributed by atoms with E-state index in [4.69, 9.17) is 4.18 Å². The van der Waals surface area contributed by atoms with E-state index >= 15 is 0 Å². The lowest BCUT2D eigenvalue weighted by molar-refractivity contribution is -0.137. The van der Waals surface area contributed by atoms with Gasteiger partial charge in [-0.15, -0.1) is 0 Å². The molecule has 0 aromatic rings. The summed E-state index contributed by atoms with van der Waals surface area (Å²) in [6, 6.07) is 0. The Kier molecular flexibility index (Phi) is 3.66. The average Bonchev–Trinajstić information content (AvgIpc) is 2.26. The van der Waals surface area contributed by atoms with Crippen LogP contribution in [0.4, 0.5) is 0 Å². The first-order chi connectivity index (χ1) is 8.95. The zero-order valence-corrected chi connectivity index (χ0v) is 13.7. The minimum atomic E-state index is -3.53. The summed E-state index contributed by atoms with van der Waals surface area (Å²) in [7, 11) is -3.53. The third-order valence-corrected chi connectivity index (χ3v) is 5.45. The van der Waals surface area contributed by atoms with Gasteiger partial charge in [0, 0.05) is 11.3 Å². The van der Waals surface area contributed by atoms with Crippen LogP contribution in [0, 0.1) is 16.7 Å². The number of Topliss-reactive ketones (excluding diaryl/α,β-unsaturated/α-hetero) is 1. The van der Waals surface area contributed by atoms with E-state index in [0.29, 0.717) is 12.8 Å². The maximum atomic E-state index is 12.5. The molecule has 0 saturated heterocycles. The standard InChI is InChI=1S/C15H24O4S/c1-10-6-7-15(4)11(13(10)16)8-14(2,3)9-12(15)19-20(5,17)18/h6,11-12H,7-9H2,1-5H3/t11-,12-,15-/m0/s1. The Labute approximate surface area is 121 Å². The highest BCUT2D eigenvalue weighted by Gasteiger charge is 2.54. The highest BCUT2D eigenvalue weighted by atomic mass is 32.2. The van der Waals surface area contributed by atoms with Crippen molar-refractivity contribution in [1.29, 1.82) is 0 Å². The Bertz CT molecular complexity index is 558. The molecule has 2 rings (SSSR count). The minimum absolute atomic E-state index is 0.0905. The van der Waals surface area contributed by atoms with E-state index in [-0.39, 0.29) is 17.1 Å². The van der Waals surface area contributed by atoms with Gasteiger partial charge in [0.1, 0.15) is 0 Å². The quantitative estimate of drug-likeness (QED) is 0.736. The Morgan fingerprint density at radius 3 is 2.40 bits per heavy atom. The fourth-order valence-electron chi connectivity index (χ4n) is 3.60. The molecule has 0 radical (unpaired) electrons. The smallest absolute Gasteiger partial charge is 0.264 e. The van der Waals surface area contributed by atoms with Gasteiger partial charge in [-0.1, -0.05) is 26.8 Å². The molecule has 5 heteroatoms. The third kappa shape index (κ3) is 2.84. The highest BCUT2D eigenvalue weighted by Crippen LogP contribution is 2.54. The van der Waals surface area contributed by atoms with Crippen molar-refractivity contribution in [1.82, 2.24) is 0 Å². The number of hydrogen-bond donors (Lipinski definition) is 0. The minimum Gasteiger partial charge on any atom is -0.294 e. The molecule has 1 saturated carbocycles. The van der Waals surface area contributed by atoms with Gasteiger partial charge < -0.3 is 0 Å². The van der Waals surface area contributed by atoms with Crippen molar-refractivity contribution in [2.75, 3.05) is 6.26 Å². The van der Waals surface area contributed by atoms with Crippen molar-refractivity contribution in [2.24, 2.45) is 16.7 Å². The summed E-state index contributed by atoms with van der Waals surface area (Å²) < 4.78 is 28.5. The fourth-order valence-corrected chi connectivity index (χ4v) is 4.31. The van der Waals surface area contributed by atoms with Gasteiger partial charge in [-0.2, -0.15) is 8.42 Å². The van der Waals surface area contributed by atoms with Crippen molar-refractivity contribution < 1.29 is 17.4 Å². The molecule has 1 fully saturated rings. The number of carbonyl (C=O) groups excluding carboxylic acids is 1. The van der Waals surface area contributed by atoms with Crippen LogP contribution in [0.5, 0.6) is 0 Å². The Morgan fingerprint density at radius 2 is 1.85 bits per heavy atom. The van der Waals surface area contributed by atoms with Gasteiger partial charge in [0.05, 0.1) is 12.4 Å². The van der Waals surface area contributed by atoms with Crippen molar-refractivity contribution in [2.45, 2.75) is 53.1 Å². The largest absolute Gasteiger partial charge is 0.294 e. The molecule has 3 atom stereocenters. The normalized spacial score (nSPS) is 37.2. The lowest BCUT2D eigenvalue weighted by Crippen LogP contribution is -2.53. The number of fused-ring (bicyclic) bond motifs is 1. The first-order valence-electron chi connectivity index (χ1n) is 7.04. The zero-order valence-electron chi connectivity index (χ0n) is 12.9. The number of carbonyl (C=O) groups is 1. The van der Waals surface area contributed by atoms with E-state index < -0.39 is 21.6 Å². The second kappa shape index (κ2) is 4.67. The van der Waals surface area contributed by atoms with E-state index in [9.17, 15) is 13.2 Å². The van der Waals surface area contributed by atoms with Crippen molar-refractivity contribution in [3.63, 3.8) is 0 Å². The summed E-state index contributed by atoms with van der Waals surface area (Å²) in [4.78, 5) is 12.5. The molecule has 2 aliphatic rings. The molecular formula is C15H24O4S. The van der Waals surface area contributed by atoms with Crippen LogP contribution in [0.15, 0.2) is 11.6 Å². The lowest BCUT2D eigenvalue weighted by Gasteiger charge is -2.52. The molecule has 0 aliphatic heterocycles. The van der Waals surface area contributed by atoms with Crippen molar-refractivity contribution in [3.8, 4) is 0 Å². The van der Waals surface area contributed by atoms with Crippen LogP contribution < -0.4 is 0 Å². The molecule has 20 heavy (non-hydrogen) atoms. The third-order valence-electron chi connectivity index (χ3n) is 4.87. The predicted molar refractivity (Wildman–Crippen MR) is 77.7 cm³/mol. The van der Waals surface area contributed by atoms with E-state index in [0.717, 1.165) is 18.2 Å². The van der Waals surface area contributed by atoms with E-state index in [1.54, 1.807) is 0 Å². The van der Waals surface area contributed by atoms with E-state index in [1.807, 2.05) is 19.9 Å². The summed E-state index contributed by atoms with van der Waals surface area (Å²) in [5, 5.41) is 0. The molecule has 2 aliphatic carbocycles. The summed E-state index contributed by atoms with van der Waals surface area (Å²) in [6.45, 7) is 7.98. The molecule has 0 bridgehead atoms. The Hall–Kier alpha value is -0.680. The second-order valence-corrected chi connectivity index (χ2v) is 8.98. The average molecular weight is 300 g/mol. The van der Waals surface area contributed by atoms with Crippen LogP contribution in [0.1, 0.15) is 47.0 Å². The molecule has 0 N–H and O–H groups in total. The van der Waals surface area contributed by atoms with Crippen LogP contribution in [0.2, 0.25) is 0 Å². The van der Waals surface area contributed by atoms with Gasteiger partial charge >= 0.3 is 0 Å². The Morgan fingerprint density at radius 1 is 1.25 bits per heavy atom. The summed E-state index contributed by atoms with van der Waals surface area (Å²) in [6.07, 6.45) is 4.73. The summed E-state index contributed by atoms with van der Waals surface area (Å²) in [5.41, 5.74) is 0.283. The Balaban J connectivity index is 2.44. The van der Waals surface area contributed by atoms with E-state index in [1.165, 1.54) is 0 Å². The zero-order chi connectivity index (χ0) is 15.3. The second-order valence-electron chi connectivity index (χ2n) is 7.38. The van der Waals surface area contributed by atoms with Crippen molar-refractivity contribution >= 4 is 15.9 Å². The first-order valence-corrected chi connectivity index (χ1v) is 8.85. The SMILES string of the molecule is CC1=CC[C@]2(C)[C@@H](OS(C)(=O)=O)CC(C)(C)C[C@H]2C1=O. The fraction of sp³-hybridized carbons (Fsp3) is 0.800. The molecule has 0 heterocycles. The molecule has 0 amide bonds. The summed E-state index contributed by atoms with van der Waals surface area (Å²) in [5.74, 6) is -0.00312. The van der Waals surface area contributed by atoms with Gasteiger partial charge in [0.15, 0.2) is 5.78 Å². The summed E-state index contributed by atoms with van der Waals surface area (Å²) >= 11 is 0. The van der Waals surface area contributed by atoms with Gasteiger partial charge in [0.2, 0.25) is 0 Å². The van der Waals surface area contributed by atoms with Crippen molar-refractivity contribution in [3.05, 3.63) is 11.6 Å². The molecule has 4 nitrogen and oxygen atoms in total. The van der Waals surface area contributed by atoms with Gasteiger partial charge in [-0.25, -0.2) is 0 Å². The van der Waals surface area contributed by atoms with Crippen LogP contribution in [-0.4, -0.2) is 26.6 Å². The molecule has 114 valence electrons. The van der Waals surface area contributed by atoms with Gasteiger partial charge in [-0.05, 0) is 37.2 Å². The maximum absolute atomic E-state index is 12.5. The lowest BCUT2D eigenvalue weighted by atomic mass is 9.54. The molecule has 0 aromatic heterocycles. The number of rotatable bonds is 2. The topological polar surface area (TPSA) is 60.4 Å². The predicted octanol–water partition coefficient (Wildman–Crippen LogP) is 2.69. The van der Waals surface area contributed by atoms with Crippen LogP contribution in [0.3, 0.4) is 0 Å². The number of ketones is 1. The number of allylic oxidation sites excluding steroid dienone is 2. The van der Waals surface area contributed by atoms with Gasteiger partial charge in [-0.3, -0.25) is 8.98 Å².